The smallest absolute Gasteiger partial charge is 1.00 e. The zero-order chi connectivity index (χ0) is 4.50. The van der Waals surface area contributed by atoms with Crippen LogP contribution in [0.4, 0.5) is 0 Å². The molecule has 0 aromatic heterocycles. The largest absolute Gasteiger partial charge is 1.00 e. The molecule has 0 aliphatic carbocycles. The van der Waals surface area contributed by atoms with Crippen molar-refractivity contribution < 1.29 is 134 Å². The topological polar surface area (TPSA) is 80.9 Å². The first-order valence-electron chi connectivity index (χ1n) is 0.894. The Bertz CT molecular complexity index is 38.8. The van der Waals surface area contributed by atoms with E-state index in [-0.39, 0.29) is 115 Å². The molecule has 0 radical (unpaired) electrons. The van der Waals surface area contributed by atoms with Crippen molar-refractivity contribution in [1.82, 2.24) is 0 Å². The Labute approximate surface area is 140 Å². The summed E-state index contributed by atoms with van der Waals surface area (Å²) >= 11 is 0. The first-order valence-corrected chi connectivity index (χ1v) is 2.68. The molecule has 0 saturated carbocycles. The van der Waals surface area contributed by atoms with Crippen LogP contribution >= 0.6 is 0 Å². The van der Waals surface area contributed by atoms with Gasteiger partial charge in [-0.3, -0.25) is 0 Å². The van der Waals surface area contributed by atoms with E-state index in [0.29, 0.717) is 0 Å². The third-order valence-electron chi connectivity index (χ3n) is 0. The van der Waals surface area contributed by atoms with Crippen LogP contribution in [0.3, 0.4) is 0 Å². The maximum absolute atomic E-state index is 7.33. The fourth-order valence-electron chi connectivity index (χ4n) is 0. The van der Waals surface area contributed by atoms with Gasteiger partial charge < -0.3 is 23.5 Å². The Balaban J connectivity index is -0.00000000533. The predicted molar refractivity (Wildman–Crippen MR) is 18.0 cm³/mol. The molecule has 8 heavy (non-hydrogen) atoms. The van der Waals surface area contributed by atoms with Crippen LogP contribution in [0.25, 0.3) is 0 Å². The van der Waals surface area contributed by atoms with Crippen molar-refractivity contribution in [2.75, 3.05) is 0 Å². The van der Waals surface area contributed by atoms with Gasteiger partial charge in [0.05, 0.1) is 0 Å². The van der Waals surface area contributed by atoms with Gasteiger partial charge in [0.15, 0.2) is 0 Å². The minimum absolute atomic E-state index is 0. The molecule has 0 saturated heterocycles. The van der Waals surface area contributed by atoms with E-state index in [0.717, 1.165) is 0 Å². The monoisotopic (exact) mass is 184 g/mol. The van der Waals surface area contributed by atoms with Gasteiger partial charge in [0.25, 0.3) is 0 Å². The van der Waals surface area contributed by atoms with Crippen molar-refractivity contribution in [2.24, 2.45) is 0 Å². The molecule has 0 heterocycles. The van der Waals surface area contributed by atoms with Crippen molar-refractivity contribution >= 4 is 9.05 Å². The van der Waals surface area contributed by atoms with Crippen LogP contribution in [0.1, 0.15) is 4.28 Å². The van der Waals surface area contributed by atoms with Gasteiger partial charge in [-0.05, 0) is 0 Å². The molecular weight excluding hydrogens is 177 g/mol. The molecule has 0 amide bonds. The van der Waals surface area contributed by atoms with E-state index < -0.39 is 9.05 Å². The fraction of sp³-hybridized carbons (Fsp3) is 0. The zero-order valence-electron chi connectivity index (χ0n) is 8.29. The molecular formula is H7KNa2O4Si. The standard InChI is InChI=1S/K.2Na.H4O4Si.3H/c;;;1-5(2,3)4;;;/h;;;1-4H;;;/q3*+1;;3*-1. The van der Waals surface area contributed by atoms with Crippen molar-refractivity contribution in [3.05, 3.63) is 0 Å². The summed E-state index contributed by atoms with van der Waals surface area (Å²) in [5.41, 5.74) is 0. The number of hydrogen-bond acceptors (Lipinski definition) is 4. The Hall–Kier alpha value is 3.69. The van der Waals surface area contributed by atoms with Gasteiger partial charge in [-0.2, -0.15) is 0 Å². The average Bonchev–Trinajstić information content (AvgIpc) is 0.722. The average molecular weight is 184 g/mol. The molecule has 0 aromatic rings. The SMILES string of the molecule is O[Si](O)(O)O.[H-].[H-].[H-].[K+].[Na+].[Na+]. The predicted octanol–water partition coefficient (Wildman–Crippen LogP) is -11.3. The zero-order valence-corrected chi connectivity index (χ0v) is 13.4. The molecule has 0 unspecified atom stereocenters. The second kappa shape index (κ2) is 10.7. The van der Waals surface area contributed by atoms with Crippen LogP contribution in [0.5, 0.6) is 0 Å². The molecule has 0 rings (SSSR count). The molecule has 0 aromatic carbocycles. The minimum atomic E-state index is -4.61. The van der Waals surface area contributed by atoms with Gasteiger partial charge in [0.2, 0.25) is 0 Å². The van der Waals surface area contributed by atoms with E-state index in [1.54, 1.807) is 0 Å². The van der Waals surface area contributed by atoms with Crippen LogP contribution in [-0.4, -0.2) is 28.2 Å². The molecule has 0 aliphatic heterocycles. The summed E-state index contributed by atoms with van der Waals surface area (Å²) in [4.78, 5) is 29.3. The Morgan fingerprint density at radius 2 is 0.875 bits per heavy atom. The normalized spacial score (nSPS) is 7.50. The summed E-state index contributed by atoms with van der Waals surface area (Å²) in [7, 11) is -4.61. The van der Waals surface area contributed by atoms with Gasteiger partial charge in [0, 0.05) is 0 Å². The summed E-state index contributed by atoms with van der Waals surface area (Å²) in [6.45, 7) is 0. The van der Waals surface area contributed by atoms with Crippen molar-refractivity contribution in [3.8, 4) is 0 Å². The molecule has 4 N–H and O–H groups in total. The first-order chi connectivity index (χ1) is 2.00. The summed E-state index contributed by atoms with van der Waals surface area (Å²) < 4.78 is 0. The van der Waals surface area contributed by atoms with Crippen molar-refractivity contribution in [2.45, 2.75) is 0 Å². The van der Waals surface area contributed by atoms with Gasteiger partial charge >= 0.3 is 120 Å². The third kappa shape index (κ3) is 53.7. The second-order valence-electron chi connectivity index (χ2n) is 0.600. The van der Waals surface area contributed by atoms with Crippen molar-refractivity contribution in [1.29, 1.82) is 0 Å². The van der Waals surface area contributed by atoms with E-state index in [4.69, 9.17) is 19.2 Å². The van der Waals surface area contributed by atoms with Crippen LogP contribution < -0.4 is 110 Å². The van der Waals surface area contributed by atoms with Gasteiger partial charge in [-0.15, -0.1) is 0 Å². The van der Waals surface area contributed by atoms with Crippen LogP contribution in [0.15, 0.2) is 0 Å². The van der Waals surface area contributed by atoms with Gasteiger partial charge in [-0.25, -0.2) is 0 Å². The molecule has 0 atom stereocenters. The summed E-state index contributed by atoms with van der Waals surface area (Å²) in [5.74, 6) is 0. The fourth-order valence-corrected chi connectivity index (χ4v) is 0. The van der Waals surface area contributed by atoms with E-state index in [1.165, 1.54) is 0 Å². The minimum Gasteiger partial charge on any atom is -1.00 e. The van der Waals surface area contributed by atoms with Gasteiger partial charge in [0.1, 0.15) is 0 Å². The maximum atomic E-state index is 7.33. The van der Waals surface area contributed by atoms with Crippen molar-refractivity contribution in [3.63, 3.8) is 0 Å². The number of rotatable bonds is 0. The van der Waals surface area contributed by atoms with E-state index in [9.17, 15) is 0 Å². The summed E-state index contributed by atoms with van der Waals surface area (Å²) in [6, 6.07) is 0. The van der Waals surface area contributed by atoms with Gasteiger partial charge in [-0.1, -0.05) is 0 Å². The van der Waals surface area contributed by atoms with E-state index in [1.807, 2.05) is 0 Å². The molecule has 8 heteroatoms. The molecule has 0 aliphatic rings. The molecule has 0 fully saturated rings. The quantitative estimate of drug-likeness (QED) is 0.282. The Morgan fingerprint density at radius 1 is 0.875 bits per heavy atom. The number of hydrogen-bond donors (Lipinski definition) is 4. The Morgan fingerprint density at radius 3 is 0.875 bits per heavy atom. The third-order valence-corrected chi connectivity index (χ3v) is 0. The van der Waals surface area contributed by atoms with E-state index in [2.05, 4.69) is 0 Å². The summed E-state index contributed by atoms with van der Waals surface area (Å²) in [6.07, 6.45) is 0. The van der Waals surface area contributed by atoms with Crippen LogP contribution in [0, 0.1) is 0 Å². The van der Waals surface area contributed by atoms with Crippen LogP contribution in [0.2, 0.25) is 0 Å². The first kappa shape index (κ1) is 22.6. The Kier molecular flexibility index (Phi) is 30.2. The maximum Gasteiger partial charge on any atom is 1.00 e. The molecule has 0 bridgehead atoms. The molecule has 0 spiro atoms. The molecule has 38 valence electrons. The second-order valence-corrected chi connectivity index (χ2v) is 1.80. The van der Waals surface area contributed by atoms with E-state index >= 15 is 0 Å². The molecule has 4 nitrogen and oxygen atoms in total. The van der Waals surface area contributed by atoms with Crippen LogP contribution in [-0.2, 0) is 0 Å². The summed E-state index contributed by atoms with van der Waals surface area (Å²) in [5, 5.41) is 0.